The standard InChI is InChI=1S/C15H15N3O3/c1-8-17-11-4-2-3-10(16)14(11)15(21)18(8)12-6-5-9(19)7-13(12)20/h2-4,12H,5-7,16H2,1H3/i1D,2D,3D,4D,6D2. The summed E-state index contributed by atoms with van der Waals surface area (Å²) in [6, 6.07) is -3.27. The SMILES string of the molecule is [2H]Cc1nc2c([2H])c([2H])c([2H])c(N)c2c(=O)n1C1C(=O)CC(=O)CC1([2H])[2H]. The quantitative estimate of drug-likeness (QED) is 0.628. The van der Waals surface area contributed by atoms with Crippen molar-refractivity contribution in [1.82, 2.24) is 9.55 Å². The highest BCUT2D eigenvalue weighted by molar-refractivity contribution is 6.03. The second-order valence-corrected chi connectivity index (χ2v) is 4.68. The van der Waals surface area contributed by atoms with Crippen molar-refractivity contribution in [3.63, 3.8) is 0 Å². The van der Waals surface area contributed by atoms with Crippen LogP contribution in [0, 0.1) is 6.90 Å². The Bertz CT molecular complexity index is 1070. The molecule has 0 bridgehead atoms. The maximum Gasteiger partial charge on any atom is 0.264 e. The van der Waals surface area contributed by atoms with E-state index in [2.05, 4.69) is 4.98 Å². The van der Waals surface area contributed by atoms with E-state index in [9.17, 15) is 14.4 Å². The Morgan fingerprint density at radius 3 is 3.00 bits per heavy atom. The van der Waals surface area contributed by atoms with E-state index in [0.29, 0.717) is 4.57 Å². The van der Waals surface area contributed by atoms with Crippen LogP contribution >= 0.6 is 0 Å². The topological polar surface area (TPSA) is 95.0 Å². The van der Waals surface area contributed by atoms with Gasteiger partial charge in [0.15, 0.2) is 5.78 Å². The Morgan fingerprint density at radius 1 is 1.48 bits per heavy atom. The van der Waals surface area contributed by atoms with Crippen LogP contribution in [-0.4, -0.2) is 21.1 Å². The van der Waals surface area contributed by atoms with Gasteiger partial charge in [-0.2, -0.15) is 0 Å². The molecule has 0 aliphatic heterocycles. The fourth-order valence-electron chi connectivity index (χ4n) is 2.31. The molecule has 0 amide bonds. The monoisotopic (exact) mass is 291 g/mol. The number of hydrogen-bond acceptors (Lipinski definition) is 5. The van der Waals surface area contributed by atoms with Crippen LogP contribution in [0.2, 0.25) is 0 Å². The van der Waals surface area contributed by atoms with Gasteiger partial charge in [-0.15, -0.1) is 0 Å². The predicted octanol–water partition coefficient (Wildman–Crippen LogP) is 1.15. The van der Waals surface area contributed by atoms with Crippen LogP contribution in [0.25, 0.3) is 10.9 Å². The normalized spacial score (nSPS) is 25.6. The van der Waals surface area contributed by atoms with E-state index in [1.165, 1.54) is 0 Å². The van der Waals surface area contributed by atoms with Crippen LogP contribution in [0.3, 0.4) is 0 Å². The first kappa shape index (κ1) is 8.07. The van der Waals surface area contributed by atoms with E-state index in [4.69, 9.17) is 14.0 Å². The summed E-state index contributed by atoms with van der Waals surface area (Å²) in [7, 11) is 0. The summed E-state index contributed by atoms with van der Waals surface area (Å²) in [6.07, 6.45) is -3.48. The summed E-state index contributed by atoms with van der Waals surface area (Å²) in [6.45, 7) is -0.603. The Labute approximate surface area is 129 Å². The van der Waals surface area contributed by atoms with Crippen molar-refractivity contribution in [1.29, 1.82) is 0 Å². The number of hydrogen-bond donors (Lipinski definition) is 1. The van der Waals surface area contributed by atoms with Crippen LogP contribution in [0.5, 0.6) is 0 Å². The van der Waals surface area contributed by atoms with Gasteiger partial charge in [0, 0.05) is 16.2 Å². The fourth-order valence-corrected chi connectivity index (χ4v) is 2.31. The third-order valence-corrected chi connectivity index (χ3v) is 3.26. The molecular weight excluding hydrogens is 270 g/mol. The van der Waals surface area contributed by atoms with E-state index >= 15 is 0 Å². The van der Waals surface area contributed by atoms with E-state index in [-0.39, 0.29) is 16.7 Å². The molecule has 0 saturated heterocycles. The number of rotatable bonds is 1. The van der Waals surface area contributed by atoms with E-state index in [1.807, 2.05) is 0 Å². The molecule has 21 heavy (non-hydrogen) atoms. The van der Waals surface area contributed by atoms with Crippen LogP contribution < -0.4 is 11.3 Å². The zero-order valence-electron chi connectivity index (χ0n) is 16.9. The lowest BCUT2D eigenvalue weighted by Gasteiger charge is -2.24. The molecule has 1 aliphatic rings. The van der Waals surface area contributed by atoms with Gasteiger partial charge in [0.25, 0.3) is 5.56 Å². The van der Waals surface area contributed by atoms with Crippen molar-refractivity contribution < 1.29 is 17.8 Å². The van der Waals surface area contributed by atoms with Crippen molar-refractivity contribution in [3.05, 3.63) is 34.3 Å². The first-order chi connectivity index (χ1) is 12.5. The molecule has 2 N–H and O–H groups in total. The first-order valence-corrected chi connectivity index (χ1v) is 6.15. The molecule has 1 heterocycles. The smallest absolute Gasteiger partial charge is 0.264 e. The number of fused-ring (bicyclic) bond motifs is 1. The molecule has 0 spiro atoms. The minimum absolute atomic E-state index is 0.281. The van der Waals surface area contributed by atoms with Crippen molar-refractivity contribution in [2.75, 3.05) is 5.73 Å². The number of benzene rings is 1. The van der Waals surface area contributed by atoms with Gasteiger partial charge < -0.3 is 5.73 Å². The average molecular weight is 291 g/mol. The highest BCUT2D eigenvalue weighted by atomic mass is 16.2. The molecule has 1 unspecified atom stereocenters. The zero-order valence-corrected chi connectivity index (χ0v) is 10.9. The second kappa shape index (κ2) is 4.80. The lowest BCUT2D eigenvalue weighted by atomic mass is 9.92. The number of ketones is 2. The highest BCUT2D eigenvalue weighted by Gasteiger charge is 2.30. The molecule has 6 nitrogen and oxygen atoms in total. The molecule has 0 radical (unpaired) electrons. The molecule has 1 atom stereocenters. The van der Waals surface area contributed by atoms with E-state index in [0.717, 1.165) is 0 Å². The molecule has 1 fully saturated rings. The summed E-state index contributed by atoms with van der Waals surface area (Å²) in [4.78, 5) is 41.1. The minimum atomic E-state index is -2.37. The molecule has 3 rings (SSSR count). The molecule has 1 aliphatic carbocycles. The average Bonchev–Trinajstić information content (AvgIpc) is 2.57. The molecule has 1 aromatic heterocycles. The van der Waals surface area contributed by atoms with Gasteiger partial charge in [-0.1, -0.05) is 6.04 Å². The molecule has 2 aromatic rings. The number of aromatic nitrogens is 2. The molecular formula is C15H15N3O3. The summed E-state index contributed by atoms with van der Waals surface area (Å²) in [5, 5.41) is -0.376. The predicted molar refractivity (Wildman–Crippen MR) is 78.1 cm³/mol. The molecule has 1 aromatic carbocycles. The van der Waals surface area contributed by atoms with Crippen LogP contribution in [-0.2, 0) is 9.59 Å². The highest BCUT2D eigenvalue weighted by Crippen LogP contribution is 2.24. The van der Waals surface area contributed by atoms with Gasteiger partial charge >= 0.3 is 0 Å². The maximum absolute atomic E-state index is 13.1. The summed E-state index contributed by atoms with van der Waals surface area (Å²) in [5.74, 6) is -1.69. The van der Waals surface area contributed by atoms with Crippen molar-refractivity contribution in [2.24, 2.45) is 0 Å². The molecule has 1 saturated carbocycles. The largest absolute Gasteiger partial charge is 0.398 e. The number of nitrogens with two attached hydrogens (primary N) is 1. The number of nitrogens with zero attached hydrogens (tertiary/aromatic N) is 2. The van der Waals surface area contributed by atoms with Gasteiger partial charge in [0.05, 0.1) is 27.5 Å². The van der Waals surface area contributed by atoms with Crippen molar-refractivity contribution >= 4 is 28.2 Å². The van der Waals surface area contributed by atoms with Gasteiger partial charge in [-0.05, 0) is 25.4 Å². The van der Waals surface area contributed by atoms with E-state index < -0.39 is 73.1 Å². The van der Waals surface area contributed by atoms with E-state index in [1.54, 1.807) is 0 Å². The number of anilines is 1. The van der Waals surface area contributed by atoms with Gasteiger partial charge in [0.2, 0.25) is 0 Å². The fraction of sp³-hybridized carbons (Fsp3) is 0.333. The number of carbonyl (C=O) groups is 2. The maximum atomic E-state index is 13.1. The van der Waals surface area contributed by atoms with Crippen LogP contribution in [0.15, 0.2) is 22.9 Å². The van der Waals surface area contributed by atoms with Crippen molar-refractivity contribution in [2.45, 2.75) is 32.2 Å². The second-order valence-electron chi connectivity index (χ2n) is 4.68. The molecule has 6 heteroatoms. The number of carbonyl (C=O) groups excluding carboxylic acids is 2. The van der Waals surface area contributed by atoms with Crippen molar-refractivity contribution in [3.8, 4) is 0 Å². The third kappa shape index (κ3) is 2.12. The summed E-state index contributed by atoms with van der Waals surface area (Å²) in [5.41, 5.74) is 4.12. The third-order valence-electron chi connectivity index (χ3n) is 3.26. The number of nitrogen functional groups attached to an aromatic ring is 1. The number of aryl methyl sites for hydroxylation is 1. The Morgan fingerprint density at radius 2 is 2.29 bits per heavy atom. The van der Waals surface area contributed by atoms with Crippen LogP contribution in [0.4, 0.5) is 5.69 Å². The number of Topliss-reactive ketones (excluding diaryl/α,β-unsaturated/α-hetero) is 2. The van der Waals surface area contributed by atoms with Crippen LogP contribution in [0.1, 0.15) is 39.3 Å². The van der Waals surface area contributed by atoms with Gasteiger partial charge in [0.1, 0.15) is 11.6 Å². The lowest BCUT2D eigenvalue weighted by Crippen LogP contribution is -2.36. The summed E-state index contributed by atoms with van der Waals surface area (Å²) >= 11 is 0. The zero-order chi connectivity index (χ0) is 20.3. The summed E-state index contributed by atoms with van der Waals surface area (Å²) < 4.78 is 47.9. The van der Waals surface area contributed by atoms with Gasteiger partial charge in [-0.25, -0.2) is 4.98 Å². The first-order valence-electron chi connectivity index (χ1n) is 9.36. The Hall–Kier alpha value is -2.50. The van der Waals surface area contributed by atoms with Gasteiger partial charge in [-0.3, -0.25) is 19.0 Å². The Balaban J connectivity index is 2.44. The molecule has 108 valence electrons. The Kier molecular flexibility index (Phi) is 1.84. The minimum Gasteiger partial charge on any atom is -0.398 e. The lowest BCUT2D eigenvalue weighted by molar-refractivity contribution is -0.132.